The van der Waals surface area contributed by atoms with Crippen molar-refractivity contribution in [3.8, 4) is 0 Å². The largest absolute Gasteiger partial charge is 0.370 e. The van der Waals surface area contributed by atoms with Crippen LogP contribution in [0.4, 0.5) is 0 Å². The van der Waals surface area contributed by atoms with Crippen molar-refractivity contribution in [1.82, 2.24) is 10.2 Å². The number of carbonyl (C=O) groups is 2. The summed E-state index contributed by atoms with van der Waals surface area (Å²) in [5, 5.41) is 3.81. The molecule has 0 radical (unpaired) electrons. The first-order valence-corrected chi connectivity index (χ1v) is 7.67. The second-order valence-corrected chi connectivity index (χ2v) is 6.48. The molecule has 1 fully saturated rings. The average molecular weight is 345 g/mol. The first-order chi connectivity index (χ1) is 10.3. The standard InChI is InChI=1S/C15H18Cl2N2O3/c1-15(2,10-3-4-11(16)12(17)7-10)18-13(20)8-19-5-6-22-9-14(19)21/h3-4,7H,5-6,8-9H2,1-2H3,(H,18,20). The van der Waals surface area contributed by atoms with Crippen LogP contribution in [0.5, 0.6) is 0 Å². The Morgan fingerprint density at radius 1 is 1.36 bits per heavy atom. The van der Waals surface area contributed by atoms with E-state index >= 15 is 0 Å². The minimum absolute atomic E-state index is 0.0208. The molecule has 5 nitrogen and oxygen atoms in total. The summed E-state index contributed by atoms with van der Waals surface area (Å²) in [6.07, 6.45) is 0. The molecular weight excluding hydrogens is 327 g/mol. The van der Waals surface area contributed by atoms with Gasteiger partial charge in [0.1, 0.15) is 6.61 Å². The maximum Gasteiger partial charge on any atom is 0.249 e. The monoisotopic (exact) mass is 344 g/mol. The predicted molar refractivity (Wildman–Crippen MR) is 85.0 cm³/mol. The number of ether oxygens (including phenoxy) is 1. The van der Waals surface area contributed by atoms with E-state index in [9.17, 15) is 9.59 Å². The molecule has 0 unspecified atom stereocenters. The molecule has 7 heteroatoms. The zero-order chi connectivity index (χ0) is 16.3. The van der Waals surface area contributed by atoms with Crippen LogP contribution in [0.25, 0.3) is 0 Å². The maximum absolute atomic E-state index is 12.2. The number of hydrogen-bond acceptors (Lipinski definition) is 3. The first kappa shape index (κ1) is 17.1. The molecule has 0 bridgehead atoms. The van der Waals surface area contributed by atoms with Gasteiger partial charge in [0.05, 0.1) is 28.7 Å². The fraction of sp³-hybridized carbons (Fsp3) is 0.467. The molecule has 0 aromatic heterocycles. The number of rotatable bonds is 4. The van der Waals surface area contributed by atoms with Gasteiger partial charge < -0.3 is 15.0 Å². The average Bonchev–Trinajstić information content (AvgIpc) is 2.43. The second-order valence-electron chi connectivity index (χ2n) is 5.67. The summed E-state index contributed by atoms with van der Waals surface area (Å²) in [6, 6.07) is 5.23. The van der Waals surface area contributed by atoms with E-state index in [2.05, 4.69) is 5.32 Å². The van der Waals surface area contributed by atoms with Crippen LogP contribution in [0.1, 0.15) is 19.4 Å². The topological polar surface area (TPSA) is 58.6 Å². The first-order valence-electron chi connectivity index (χ1n) is 6.91. The summed E-state index contributed by atoms with van der Waals surface area (Å²) in [6.45, 7) is 4.67. The molecule has 1 aliphatic rings. The van der Waals surface area contributed by atoms with E-state index in [1.54, 1.807) is 12.1 Å². The summed E-state index contributed by atoms with van der Waals surface area (Å²) < 4.78 is 5.04. The van der Waals surface area contributed by atoms with Gasteiger partial charge in [0.15, 0.2) is 0 Å². The lowest BCUT2D eigenvalue weighted by atomic mass is 9.94. The van der Waals surface area contributed by atoms with E-state index < -0.39 is 5.54 Å². The smallest absolute Gasteiger partial charge is 0.249 e. The number of morpholine rings is 1. The Balaban J connectivity index is 2.02. The Bertz CT molecular complexity index is 590. The van der Waals surface area contributed by atoms with E-state index in [-0.39, 0.29) is 25.0 Å². The summed E-state index contributed by atoms with van der Waals surface area (Å²) in [7, 11) is 0. The van der Waals surface area contributed by atoms with Crippen LogP contribution in [-0.4, -0.2) is 43.0 Å². The van der Waals surface area contributed by atoms with E-state index in [1.807, 2.05) is 19.9 Å². The Labute approximate surface area is 139 Å². The van der Waals surface area contributed by atoms with Crippen molar-refractivity contribution in [1.29, 1.82) is 0 Å². The highest BCUT2D eigenvalue weighted by molar-refractivity contribution is 6.42. The molecule has 0 aliphatic carbocycles. The molecule has 1 saturated heterocycles. The second kappa shape index (κ2) is 6.86. The number of amides is 2. The summed E-state index contributed by atoms with van der Waals surface area (Å²) >= 11 is 11.9. The Morgan fingerprint density at radius 3 is 2.73 bits per heavy atom. The van der Waals surface area contributed by atoms with Crippen molar-refractivity contribution in [2.45, 2.75) is 19.4 Å². The van der Waals surface area contributed by atoms with Gasteiger partial charge in [-0.3, -0.25) is 9.59 Å². The number of halogens is 2. The Morgan fingerprint density at radius 2 is 2.09 bits per heavy atom. The summed E-state index contributed by atoms with van der Waals surface area (Å²) in [5.74, 6) is -0.403. The lowest BCUT2D eigenvalue weighted by molar-refractivity contribution is -0.146. The van der Waals surface area contributed by atoms with Gasteiger partial charge in [-0.1, -0.05) is 29.3 Å². The van der Waals surface area contributed by atoms with Gasteiger partial charge in [-0.05, 0) is 31.5 Å². The molecule has 0 spiro atoms. The van der Waals surface area contributed by atoms with Gasteiger partial charge in [0.25, 0.3) is 0 Å². The van der Waals surface area contributed by atoms with Gasteiger partial charge >= 0.3 is 0 Å². The molecule has 22 heavy (non-hydrogen) atoms. The van der Waals surface area contributed by atoms with Crippen LogP contribution in [0.2, 0.25) is 10.0 Å². The molecule has 1 aromatic carbocycles. The Kier molecular flexibility index (Phi) is 5.32. The third kappa shape index (κ3) is 4.12. The van der Waals surface area contributed by atoms with Crippen molar-refractivity contribution in [3.63, 3.8) is 0 Å². The third-order valence-electron chi connectivity index (χ3n) is 3.51. The summed E-state index contributed by atoms with van der Waals surface area (Å²) in [5.41, 5.74) is 0.212. The number of hydrogen-bond donors (Lipinski definition) is 1. The maximum atomic E-state index is 12.2. The van der Waals surface area contributed by atoms with Crippen LogP contribution in [0.3, 0.4) is 0 Å². The number of nitrogens with one attached hydrogen (secondary N) is 1. The molecule has 1 heterocycles. The molecule has 0 atom stereocenters. The lowest BCUT2D eigenvalue weighted by Gasteiger charge is -2.30. The quantitative estimate of drug-likeness (QED) is 0.910. The van der Waals surface area contributed by atoms with Gasteiger partial charge in [-0.2, -0.15) is 0 Å². The molecular formula is C15H18Cl2N2O3. The SMILES string of the molecule is CC(C)(NC(=O)CN1CCOCC1=O)c1ccc(Cl)c(Cl)c1. The highest BCUT2D eigenvalue weighted by Crippen LogP contribution is 2.28. The van der Waals surface area contributed by atoms with E-state index in [0.717, 1.165) is 5.56 Å². The molecule has 120 valence electrons. The predicted octanol–water partition coefficient (Wildman–Crippen LogP) is 2.20. The van der Waals surface area contributed by atoms with Crippen LogP contribution < -0.4 is 5.32 Å². The molecule has 1 aliphatic heterocycles. The van der Waals surface area contributed by atoms with Crippen LogP contribution >= 0.6 is 23.2 Å². The highest BCUT2D eigenvalue weighted by Gasteiger charge is 2.26. The molecule has 2 amide bonds. The van der Waals surface area contributed by atoms with Crippen molar-refractivity contribution >= 4 is 35.0 Å². The minimum atomic E-state index is -0.624. The molecule has 1 aromatic rings. The van der Waals surface area contributed by atoms with Crippen molar-refractivity contribution < 1.29 is 14.3 Å². The number of benzene rings is 1. The van der Waals surface area contributed by atoms with Gasteiger partial charge in [-0.25, -0.2) is 0 Å². The lowest BCUT2D eigenvalue weighted by Crippen LogP contribution is -2.50. The molecule has 1 N–H and O–H groups in total. The summed E-state index contributed by atoms with van der Waals surface area (Å²) in [4.78, 5) is 25.3. The van der Waals surface area contributed by atoms with Crippen LogP contribution in [-0.2, 0) is 19.9 Å². The van der Waals surface area contributed by atoms with Gasteiger partial charge in [0.2, 0.25) is 11.8 Å². The highest BCUT2D eigenvalue weighted by atomic mass is 35.5. The van der Waals surface area contributed by atoms with Gasteiger partial charge in [-0.15, -0.1) is 0 Å². The normalized spacial score (nSPS) is 15.8. The van der Waals surface area contributed by atoms with E-state index in [0.29, 0.717) is 23.2 Å². The third-order valence-corrected chi connectivity index (χ3v) is 4.25. The van der Waals surface area contributed by atoms with Gasteiger partial charge in [0, 0.05) is 6.54 Å². The zero-order valence-electron chi connectivity index (χ0n) is 12.5. The van der Waals surface area contributed by atoms with Crippen molar-refractivity contribution in [3.05, 3.63) is 33.8 Å². The molecule has 2 rings (SSSR count). The fourth-order valence-electron chi connectivity index (χ4n) is 2.24. The van der Waals surface area contributed by atoms with Crippen LogP contribution in [0, 0.1) is 0 Å². The zero-order valence-corrected chi connectivity index (χ0v) is 14.0. The Hall–Kier alpha value is -1.30. The minimum Gasteiger partial charge on any atom is -0.370 e. The van der Waals surface area contributed by atoms with E-state index in [4.69, 9.17) is 27.9 Å². The van der Waals surface area contributed by atoms with Crippen molar-refractivity contribution in [2.24, 2.45) is 0 Å². The number of carbonyl (C=O) groups excluding carboxylic acids is 2. The number of nitrogens with zero attached hydrogens (tertiary/aromatic N) is 1. The van der Waals surface area contributed by atoms with Crippen LogP contribution in [0.15, 0.2) is 18.2 Å². The van der Waals surface area contributed by atoms with E-state index in [1.165, 1.54) is 4.90 Å². The fourth-order valence-corrected chi connectivity index (χ4v) is 2.53. The molecule has 0 saturated carbocycles. The van der Waals surface area contributed by atoms with Crippen molar-refractivity contribution in [2.75, 3.05) is 26.3 Å².